The van der Waals surface area contributed by atoms with E-state index in [4.69, 9.17) is 0 Å². The van der Waals surface area contributed by atoms with Crippen molar-refractivity contribution in [3.63, 3.8) is 0 Å². The van der Waals surface area contributed by atoms with Gasteiger partial charge in [-0.05, 0) is 45.4 Å². The van der Waals surface area contributed by atoms with Crippen LogP contribution >= 0.6 is 0 Å². The summed E-state index contributed by atoms with van der Waals surface area (Å²) in [4.78, 5) is 14.1. The molecule has 1 unspecified atom stereocenters. The predicted octanol–water partition coefficient (Wildman–Crippen LogP) is 1.94. The van der Waals surface area contributed by atoms with Gasteiger partial charge in [-0.15, -0.1) is 0 Å². The van der Waals surface area contributed by atoms with E-state index in [9.17, 15) is 4.79 Å². The highest BCUT2D eigenvalue weighted by Gasteiger charge is 2.32. The van der Waals surface area contributed by atoms with Gasteiger partial charge in [0, 0.05) is 12.2 Å². The SMILES string of the molecule is CNC1CCN(c2c(C)cc(C)cc2C)C1=O. The van der Waals surface area contributed by atoms with Crippen LogP contribution in [-0.4, -0.2) is 25.5 Å². The van der Waals surface area contributed by atoms with Crippen LogP contribution in [0, 0.1) is 20.8 Å². The van der Waals surface area contributed by atoms with Crippen molar-refractivity contribution < 1.29 is 4.79 Å². The lowest BCUT2D eigenvalue weighted by molar-refractivity contribution is -0.118. The Balaban J connectivity index is 2.39. The first-order valence-corrected chi connectivity index (χ1v) is 6.11. The third kappa shape index (κ3) is 2.07. The number of amides is 1. The molecule has 3 nitrogen and oxygen atoms in total. The summed E-state index contributed by atoms with van der Waals surface area (Å²) in [5.41, 5.74) is 4.72. The molecule has 1 saturated heterocycles. The molecule has 0 aromatic heterocycles. The third-order valence-corrected chi connectivity index (χ3v) is 3.46. The summed E-state index contributed by atoms with van der Waals surface area (Å²) in [7, 11) is 1.85. The summed E-state index contributed by atoms with van der Waals surface area (Å²) >= 11 is 0. The van der Waals surface area contributed by atoms with E-state index < -0.39 is 0 Å². The number of likely N-dealkylation sites (N-methyl/N-ethyl adjacent to an activating group) is 1. The van der Waals surface area contributed by atoms with Gasteiger partial charge in [0.1, 0.15) is 0 Å². The molecular formula is C14H20N2O. The molecule has 1 aliphatic heterocycles. The Morgan fingerprint density at radius 3 is 2.29 bits per heavy atom. The molecule has 17 heavy (non-hydrogen) atoms. The van der Waals surface area contributed by atoms with E-state index in [2.05, 4.69) is 38.2 Å². The number of nitrogens with one attached hydrogen (secondary N) is 1. The van der Waals surface area contributed by atoms with Crippen molar-refractivity contribution in [2.45, 2.75) is 33.2 Å². The zero-order valence-electron chi connectivity index (χ0n) is 11.0. The normalized spacial score (nSPS) is 20.1. The Morgan fingerprint density at radius 1 is 1.24 bits per heavy atom. The van der Waals surface area contributed by atoms with Crippen LogP contribution < -0.4 is 10.2 Å². The van der Waals surface area contributed by atoms with E-state index in [0.29, 0.717) is 0 Å². The van der Waals surface area contributed by atoms with E-state index in [1.807, 2.05) is 11.9 Å². The largest absolute Gasteiger partial charge is 0.310 e. The molecule has 1 amide bonds. The lowest BCUT2D eigenvalue weighted by Crippen LogP contribution is -2.36. The summed E-state index contributed by atoms with van der Waals surface area (Å²) in [5.74, 6) is 0.197. The highest BCUT2D eigenvalue weighted by atomic mass is 16.2. The van der Waals surface area contributed by atoms with Gasteiger partial charge in [0.2, 0.25) is 5.91 Å². The fraction of sp³-hybridized carbons (Fsp3) is 0.500. The lowest BCUT2D eigenvalue weighted by Gasteiger charge is -2.22. The molecule has 92 valence electrons. The number of anilines is 1. The van der Waals surface area contributed by atoms with E-state index in [1.165, 1.54) is 16.7 Å². The maximum absolute atomic E-state index is 12.2. The number of hydrogen-bond acceptors (Lipinski definition) is 2. The summed E-state index contributed by atoms with van der Waals surface area (Å²) in [5, 5.41) is 3.07. The zero-order chi connectivity index (χ0) is 12.6. The first-order chi connectivity index (χ1) is 8.04. The van der Waals surface area contributed by atoms with Gasteiger partial charge in [-0.3, -0.25) is 4.79 Å². The lowest BCUT2D eigenvalue weighted by atomic mass is 10.0. The smallest absolute Gasteiger partial charge is 0.244 e. The van der Waals surface area contributed by atoms with E-state index in [1.54, 1.807) is 0 Å². The van der Waals surface area contributed by atoms with Crippen LogP contribution in [0.4, 0.5) is 5.69 Å². The van der Waals surface area contributed by atoms with Gasteiger partial charge in [0.15, 0.2) is 0 Å². The number of rotatable bonds is 2. The standard InChI is InChI=1S/C14H20N2O/c1-9-7-10(2)13(11(3)8-9)16-6-5-12(15-4)14(16)17/h7-8,12,15H,5-6H2,1-4H3. The fourth-order valence-corrected chi connectivity index (χ4v) is 2.77. The minimum atomic E-state index is -0.0184. The summed E-state index contributed by atoms with van der Waals surface area (Å²) in [6.45, 7) is 7.06. The minimum Gasteiger partial charge on any atom is -0.310 e. The Labute approximate surface area is 103 Å². The molecule has 1 atom stereocenters. The van der Waals surface area contributed by atoms with Gasteiger partial charge in [0.05, 0.1) is 6.04 Å². The number of carbonyl (C=O) groups is 1. The number of hydrogen-bond donors (Lipinski definition) is 1. The second-order valence-corrected chi connectivity index (χ2v) is 4.87. The fourth-order valence-electron chi connectivity index (χ4n) is 2.77. The van der Waals surface area contributed by atoms with Crippen LogP contribution in [0.15, 0.2) is 12.1 Å². The van der Waals surface area contributed by atoms with E-state index >= 15 is 0 Å². The van der Waals surface area contributed by atoms with Crippen molar-refractivity contribution >= 4 is 11.6 Å². The predicted molar refractivity (Wildman–Crippen MR) is 70.5 cm³/mol. The minimum absolute atomic E-state index is 0.0184. The summed E-state index contributed by atoms with van der Waals surface area (Å²) < 4.78 is 0. The van der Waals surface area contributed by atoms with Gasteiger partial charge in [-0.25, -0.2) is 0 Å². The van der Waals surface area contributed by atoms with Gasteiger partial charge in [-0.2, -0.15) is 0 Å². The van der Waals surface area contributed by atoms with Gasteiger partial charge in [0.25, 0.3) is 0 Å². The molecule has 0 radical (unpaired) electrons. The molecule has 0 saturated carbocycles. The topological polar surface area (TPSA) is 32.3 Å². The van der Waals surface area contributed by atoms with E-state index in [0.717, 1.165) is 18.7 Å². The van der Waals surface area contributed by atoms with Crippen LogP contribution in [0.25, 0.3) is 0 Å². The number of carbonyl (C=O) groups excluding carboxylic acids is 1. The van der Waals surface area contributed by atoms with E-state index in [-0.39, 0.29) is 11.9 Å². The van der Waals surface area contributed by atoms with Gasteiger partial charge >= 0.3 is 0 Å². The van der Waals surface area contributed by atoms with Crippen LogP contribution in [0.3, 0.4) is 0 Å². The number of nitrogens with zero attached hydrogens (tertiary/aromatic N) is 1. The van der Waals surface area contributed by atoms with Crippen molar-refractivity contribution in [3.8, 4) is 0 Å². The number of aryl methyl sites for hydroxylation is 3. The molecule has 0 bridgehead atoms. The Kier molecular flexibility index (Phi) is 3.20. The van der Waals surface area contributed by atoms with Crippen LogP contribution in [0.5, 0.6) is 0 Å². The maximum Gasteiger partial charge on any atom is 0.244 e. The average Bonchev–Trinajstić information content (AvgIpc) is 2.59. The third-order valence-electron chi connectivity index (χ3n) is 3.46. The molecular weight excluding hydrogens is 212 g/mol. The molecule has 1 heterocycles. The van der Waals surface area contributed by atoms with Crippen molar-refractivity contribution in [1.29, 1.82) is 0 Å². The quantitative estimate of drug-likeness (QED) is 0.845. The Bertz CT molecular complexity index is 431. The highest BCUT2D eigenvalue weighted by Crippen LogP contribution is 2.29. The number of benzene rings is 1. The molecule has 1 aromatic rings. The average molecular weight is 232 g/mol. The van der Waals surface area contributed by atoms with Crippen LogP contribution in [0.1, 0.15) is 23.1 Å². The monoisotopic (exact) mass is 232 g/mol. The molecule has 1 aromatic carbocycles. The molecule has 1 fully saturated rings. The van der Waals surface area contributed by atoms with Crippen molar-refractivity contribution in [3.05, 3.63) is 28.8 Å². The first-order valence-electron chi connectivity index (χ1n) is 6.11. The van der Waals surface area contributed by atoms with Crippen molar-refractivity contribution in [1.82, 2.24) is 5.32 Å². The zero-order valence-corrected chi connectivity index (χ0v) is 11.0. The molecule has 1 aliphatic rings. The molecule has 0 aliphatic carbocycles. The molecule has 0 spiro atoms. The molecule has 2 rings (SSSR count). The van der Waals surface area contributed by atoms with Gasteiger partial charge < -0.3 is 10.2 Å². The van der Waals surface area contributed by atoms with Crippen LogP contribution in [-0.2, 0) is 4.79 Å². The second-order valence-electron chi connectivity index (χ2n) is 4.87. The van der Waals surface area contributed by atoms with Crippen LogP contribution in [0.2, 0.25) is 0 Å². The van der Waals surface area contributed by atoms with Gasteiger partial charge in [-0.1, -0.05) is 17.7 Å². The van der Waals surface area contributed by atoms with Crippen molar-refractivity contribution in [2.75, 3.05) is 18.5 Å². The van der Waals surface area contributed by atoms with Crippen molar-refractivity contribution in [2.24, 2.45) is 0 Å². The summed E-state index contributed by atoms with van der Waals surface area (Å²) in [6.07, 6.45) is 0.891. The molecule has 1 N–H and O–H groups in total. The summed E-state index contributed by atoms with van der Waals surface area (Å²) in [6, 6.07) is 4.26. The highest BCUT2D eigenvalue weighted by molar-refractivity contribution is 6.00. The first kappa shape index (κ1) is 12.1. The maximum atomic E-state index is 12.2. The molecule has 3 heteroatoms. The Morgan fingerprint density at radius 2 is 1.82 bits per heavy atom. The second kappa shape index (κ2) is 4.49. The Hall–Kier alpha value is -1.35.